The number of carboxylic acids is 1. The predicted octanol–water partition coefficient (Wildman–Crippen LogP) is 3.46. The predicted molar refractivity (Wildman–Crippen MR) is 95.1 cm³/mol. The van der Waals surface area contributed by atoms with Gasteiger partial charge in [-0.3, -0.25) is 4.79 Å². The van der Waals surface area contributed by atoms with E-state index in [1.165, 1.54) is 19.2 Å². The van der Waals surface area contributed by atoms with Gasteiger partial charge in [0.15, 0.2) is 5.69 Å². The van der Waals surface area contributed by atoms with Gasteiger partial charge < -0.3 is 9.84 Å². The van der Waals surface area contributed by atoms with Crippen molar-refractivity contribution in [3.8, 4) is 5.75 Å². The van der Waals surface area contributed by atoms with E-state index in [1.54, 1.807) is 24.3 Å². The highest BCUT2D eigenvalue weighted by Crippen LogP contribution is 2.23. The van der Waals surface area contributed by atoms with Crippen molar-refractivity contribution in [2.45, 2.75) is 6.54 Å². The topological polar surface area (TPSA) is 81.4 Å². The Balaban J connectivity index is 2.20. The van der Waals surface area contributed by atoms with Crippen LogP contribution < -0.4 is 10.3 Å². The third kappa shape index (κ3) is 3.31. The van der Waals surface area contributed by atoms with Crippen LogP contribution >= 0.6 is 23.2 Å². The highest BCUT2D eigenvalue weighted by atomic mass is 35.5. The lowest BCUT2D eigenvalue weighted by Crippen LogP contribution is -2.26. The Labute approximate surface area is 152 Å². The van der Waals surface area contributed by atoms with Crippen LogP contribution in [0.2, 0.25) is 10.0 Å². The summed E-state index contributed by atoms with van der Waals surface area (Å²) in [4.78, 5) is 24.3. The number of carbonyl (C=O) groups is 1. The van der Waals surface area contributed by atoms with E-state index in [0.29, 0.717) is 21.4 Å². The van der Waals surface area contributed by atoms with Crippen LogP contribution in [0.25, 0.3) is 10.8 Å². The summed E-state index contributed by atoms with van der Waals surface area (Å²) in [6.07, 6.45) is 0. The minimum atomic E-state index is -1.22. The molecule has 1 N–H and O–H groups in total. The molecule has 0 bridgehead atoms. The third-order valence-corrected chi connectivity index (χ3v) is 4.43. The Hall–Kier alpha value is -2.57. The standard InChI is InChI=1S/C17H12Cl2N2O4/c1-25-10-3-4-11-12(7-10)16(22)21(20-15(11)17(23)24)8-9-2-5-13(18)14(19)6-9/h2-7H,8H2,1H3,(H,23,24). The molecule has 1 aromatic heterocycles. The van der Waals surface area contributed by atoms with Crippen LogP contribution in [-0.2, 0) is 6.54 Å². The Morgan fingerprint density at radius 3 is 2.56 bits per heavy atom. The van der Waals surface area contributed by atoms with Gasteiger partial charge in [-0.05, 0) is 35.9 Å². The summed E-state index contributed by atoms with van der Waals surface area (Å²) in [6.45, 7) is 0.0587. The first-order valence-electron chi connectivity index (χ1n) is 7.17. The maximum atomic E-state index is 12.7. The van der Waals surface area contributed by atoms with Gasteiger partial charge in [-0.1, -0.05) is 29.3 Å². The fourth-order valence-electron chi connectivity index (χ4n) is 2.47. The summed E-state index contributed by atoms with van der Waals surface area (Å²) in [6, 6.07) is 9.49. The molecule has 6 nitrogen and oxygen atoms in total. The van der Waals surface area contributed by atoms with Gasteiger partial charge in [-0.25, -0.2) is 9.48 Å². The number of carboxylic acid groups (broad SMARTS) is 1. The molecule has 0 aliphatic carbocycles. The fraction of sp³-hybridized carbons (Fsp3) is 0.118. The summed E-state index contributed by atoms with van der Waals surface area (Å²) in [5.74, 6) is -0.772. The molecule has 1 heterocycles. The summed E-state index contributed by atoms with van der Waals surface area (Å²) in [5, 5.41) is 14.6. The minimum absolute atomic E-state index is 0.0587. The van der Waals surface area contributed by atoms with Gasteiger partial charge in [-0.15, -0.1) is 0 Å². The average Bonchev–Trinajstić information content (AvgIpc) is 2.60. The molecule has 0 unspecified atom stereocenters. The second-order valence-corrected chi connectivity index (χ2v) is 6.09. The van der Waals surface area contributed by atoms with Crippen molar-refractivity contribution in [2.24, 2.45) is 0 Å². The first kappa shape index (κ1) is 17.3. The molecule has 0 atom stereocenters. The summed E-state index contributed by atoms with van der Waals surface area (Å²) in [5.41, 5.74) is 0.0323. The van der Waals surface area contributed by atoms with Gasteiger partial charge in [0.2, 0.25) is 0 Å². The number of hydrogen-bond donors (Lipinski definition) is 1. The van der Waals surface area contributed by atoms with E-state index in [-0.39, 0.29) is 23.0 Å². The van der Waals surface area contributed by atoms with E-state index in [1.807, 2.05) is 0 Å². The first-order valence-corrected chi connectivity index (χ1v) is 7.92. The molecule has 0 fully saturated rings. The summed E-state index contributed by atoms with van der Waals surface area (Å²) in [7, 11) is 1.47. The minimum Gasteiger partial charge on any atom is -0.497 e. The molecule has 0 aliphatic heterocycles. The van der Waals surface area contributed by atoms with Crippen molar-refractivity contribution >= 4 is 39.9 Å². The number of methoxy groups -OCH3 is 1. The number of hydrogen-bond acceptors (Lipinski definition) is 4. The SMILES string of the molecule is COc1ccc2c(C(=O)O)nn(Cc3ccc(Cl)c(Cl)c3)c(=O)c2c1. The monoisotopic (exact) mass is 378 g/mol. The zero-order valence-corrected chi connectivity index (χ0v) is 14.5. The molecular formula is C17H12Cl2N2O4. The van der Waals surface area contributed by atoms with E-state index in [4.69, 9.17) is 27.9 Å². The van der Waals surface area contributed by atoms with Crippen molar-refractivity contribution in [1.82, 2.24) is 9.78 Å². The van der Waals surface area contributed by atoms with Gasteiger partial charge in [0.1, 0.15) is 5.75 Å². The van der Waals surface area contributed by atoms with E-state index in [2.05, 4.69) is 5.10 Å². The second kappa shape index (κ2) is 6.74. The Kier molecular flexibility index (Phi) is 4.65. The summed E-state index contributed by atoms with van der Waals surface area (Å²) < 4.78 is 6.20. The third-order valence-electron chi connectivity index (χ3n) is 3.69. The van der Waals surface area contributed by atoms with Crippen molar-refractivity contribution in [3.05, 3.63) is 68.1 Å². The molecule has 2 aromatic carbocycles. The Morgan fingerprint density at radius 2 is 1.92 bits per heavy atom. The van der Waals surface area contributed by atoms with Crippen LogP contribution in [0.5, 0.6) is 5.75 Å². The molecule has 3 aromatic rings. The van der Waals surface area contributed by atoms with E-state index < -0.39 is 11.5 Å². The van der Waals surface area contributed by atoms with E-state index in [9.17, 15) is 14.7 Å². The molecule has 0 radical (unpaired) electrons. The molecule has 8 heteroatoms. The largest absolute Gasteiger partial charge is 0.497 e. The van der Waals surface area contributed by atoms with Crippen LogP contribution in [0.15, 0.2) is 41.2 Å². The quantitative estimate of drug-likeness (QED) is 0.751. The number of nitrogens with zero attached hydrogens (tertiary/aromatic N) is 2. The fourth-order valence-corrected chi connectivity index (χ4v) is 2.79. The lowest BCUT2D eigenvalue weighted by Gasteiger charge is -2.10. The number of fused-ring (bicyclic) bond motifs is 1. The van der Waals surface area contributed by atoms with Crippen molar-refractivity contribution in [3.63, 3.8) is 0 Å². The van der Waals surface area contributed by atoms with Gasteiger partial charge >= 0.3 is 5.97 Å². The first-order chi connectivity index (χ1) is 11.9. The molecule has 128 valence electrons. The number of benzene rings is 2. The Morgan fingerprint density at radius 1 is 1.16 bits per heavy atom. The molecule has 0 saturated heterocycles. The summed E-state index contributed by atoms with van der Waals surface area (Å²) >= 11 is 11.9. The molecule has 0 aliphatic rings. The lowest BCUT2D eigenvalue weighted by atomic mass is 10.1. The lowest BCUT2D eigenvalue weighted by molar-refractivity contribution is 0.0690. The smallest absolute Gasteiger partial charge is 0.357 e. The van der Waals surface area contributed by atoms with Crippen LogP contribution in [0.3, 0.4) is 0 Å². The molecule has 0 saturated carbocycles. The van der Waals surface area contributed by atoms with Gasteiger partial charge in [-0.2, -0.15) is 5.10 Å². The number of ether oxygens (including phenoxy) is 1. The van der Waals surface area contributed by atoms with Crippen molar-refractivity contribution < 1.29 is 14.6 Å². The maximum Gasteiger partial charge on any atom is 0.357 e. The molecule has 3 rings (SSSR count). The van der Waals surface area contributed by atoms with E-state index in [0.717, 1.165) is 4.68 Å². The van der Waals surface area contributed by atoms with E-state index >= 15 is 0 Å². The zero-order valence-electron chi connectivity index (χ0n) is 13.0. The van der Waals surface area contributed by atoms with Gasteiger partial charge in [0.25, 0.3) is 5.56 Å². The highest BCUT2D eigenvalue weighted by molar-refractivity contribution is 6.42. The zero-order chi connectivity index (χ0) is 18.1. The number of rotatable bonds is 4. The van der Waals surface area contributed by atoms with Crippen molar-refractivity contribution in [2.75, 3.05) is 7.11 Å². The second-order valence-electron chi connectivity index (χ2n) is 5.28. The number of aromatic nitrogens is 2. The van der Waals surface area contributed by atoms with Crippen LogP contribution in [-0.4, -0.2) is 28.0 Å². The normalized spacial score (nSPS) is 10.8. The molecule has 0 amide bonds. The van der Waals surface area contributed by atoms with Crippen LogP contribution in [0.1, 0.15) is 16.1 Å². The average molecular weight is 379 g/mol. The number of aromatic carboxylic acids is 1. The number of halogens is 2. The maximum absolute atomic E-state index is 12.7. The van der Waals surface area contributed by atoms with Gasteiger partial charge in [0, 0.05) is 5.39 Å². The molecular weight excluding hydrogens is 367 g/mol. The van der Waals surface area contributed by atoms with Gasteiger partial charge in [0.05, 0.1) is 29.1 Å². The molecule has 0 spiro atoms. The Bertz CT molecular complexity index is 1050. The highest BCUT2D eigenvalue weighted by Gasteiger charge is 2.17. The molecule has 25 heavy (non-hydrogen) atoms. The van der Waals surface area contributed by atoms with Crippen molar-refractivity contribution in [1.29, 1.82) is 0 Å². The van der Waals surface area contributed by atoms with Crippen LogP contribution in [0.4, 0.5) is 0 Å². The van der Waals surface area contributed by atoms with Crippen LogP contribution in [0, 0.1) is 0 Å².